The molecule has 2 aromatic rings. The number of rotatable bonds is 4. The molecule has 6 nitrogen and oxygen atoms in total. The Balaban J connectivity index is 2.16. The van der Waals surface area contributed by atoms with Crippen LogP contribution in [0.3, 0.4) is 0 Å². The van der Waals surface area contributed by atoms with Crippen LogP contribution in [0, 0.1) is 5.21 Å². The lowest BCUT2D eigenvalue weighted by atomic mass is 10.0. The molecule has 2 atom stereocenters. The van der Waals surface area contributed by atoms with Gasteiger partial charge in [-0.2, -0.15) is 4.74 Å². The fourth-order valence-corrected chi connectivity index (χ4v) is 3.34. The van der Waals surface area contributed by atoms with Gasteiger partial charge in [0.05, 0.1) is 14.2 Å². The van der Waals surface area contributed by atoms with Gasteiger partial charge in [0.2, 0.25) is 5.71 Å². The highest BCUT2D eigenvalue weighted by Crippen LogP contribution is 2.39. The van der Waals surface area contributed by atoms with Gasteiger partial charge in [0.15, 0.2) is 11.5 Å². The van der Waals surface area contributed by atoms with Crippen LogP contribution in [0.2, 0.25) is 0 Å². The van der Waals surface area contributed by atoms with Crippen molar-refractivity contribution in [2.24, 2.45) is 0 Å². The molecule has 0 unspecified atom stereocenters. The van der Waals surface area contributed by atoms with E-state index in [1.165, 1.54) is 7.11 Å². The van der Waals surface area contributed by atoms with E-state index in [-0.39, 0.29) is 0 Å². The minimum atomic E-state index is -1.27. The first-order valence-electron chi connectivity index (χ1n) is 8.05. The first kappa shape index (κ1) is 17.3. The summed E-state index contributed by atoms with van der Waals surface area (Å²) in [6, 6.07) is 14.1. The van der Waals surface area contributed by atoms with Gasteiger partial charge in [-0.1, -0.05) is 18.2 Å². The summed E-state index contributed by atoms with van der Waals surface area (Å²) in [5.41, 5.74) is 0.638. The smallest absolute Gasteiger partial charge is 0.274 e. The monoisotopic (exact) mass is 342 g/mol. The Morgan fingerprint density at radius 3 is 2.32 bits per heavy atom. The average molecular weight is 342 g/mol. The van der Waals surface area contributed by atoms with E-state index < -0.39 is 11.7 Å². The lowest BCUT2D eigenvalue weighted by molar-refractivity contribution is -0.595. The number of hydroxylamine groups is 3. The van der Waals surface area contributed by atoms with Crippen molar-refractivity contribution in [1.82, 2.24) is 5.06 Å². The summed E-state index contributed by atoms with van der Waals surface area (Å²) in [6.07, 6.45) is 0. The molecule has 0 saturated heterocycles. The second-order valence-corrected chi connectivity index (χ2v) is 6.16. The number of nitrogens with zero attached hydrogens (tertiary/aromatic N) is 2. The predicted molar refractivity (Wildman–Crippen MR) is 94.2 cm³/mol. The van der Waals surface area contributed by atoms with Gasteiger partial charge >= 0.3 is 0 Å². The first-order valence-corrected chi connectivity index (χ1v) is 8.05. The van der Waals surface area contributed by atoms with Gasteiger partial charge in [-0.15, -0.1) is 5.06 Å². The van der Waals surface area contributed by atoms with Gasteiger partial charge in [-0.25, -0.2) is 0 Å². The second-order valence-electron chi connectivity index (χ2n) is 6.16. The largest absolute Gasteiger partial charge is 0.622 e. The van der Waals surface area contributed by atoms with Gasteiger partial charge in [0, 0.05) is 18.1 Å². The van der Waals surface area contributed by atoms with Crippen LogP contribution in [0.5, 0.6) is 11.5 Å². The molecule has 3 rings (SSSR count). The lowest BCUT2D eigenvalue weighted by Crippen LogP contribution is -2.45. The summed E-state index contributed by atoms with van der Waals surface area (Å²) in [4.78, 5) is 0. The van der Waals surface area contributed by atoms with Gasteiger partial charge in [-0.05, 0) is 37.3 Å². The maximum atomic E-state index is 13.2. The molecule has 2 aromatic carbocycles. The van der Waals surface area contributed by atoms with Crippen molar-refractivity contribution in [2.75, 3.05) is 14.2 Å². The molecular formula is C19H22N2O4. The zero-order valence-electron chi connectivity index (χ0n) is 14.8. The van der Waals surface area contributed by atoms with E-state index in [0.29, 0.717) is 22.8 Å². The molecule has 0 aliphatic carbocycles. The van der Waals surface area contributed by atoms with Crippen LogP contribution in [0.15, 0.2) is 48.5 Å². The zero-order valence-corrected chi connectivity index (χ0v) is 14.8. The van der Waals surface area contributed by atoms with Crippen LogP contribution in [0.4, 0.5) is 0 Å². The van der Waals surface area contributed by atoms with Crippen molar-refractivity contribution in [3.8, 4) is 11.5 Å². The van der Waals surface area contributed by atoms with Crippen LogP contribution < -0.4 is 9.47 Å². The van der Waals surface area contributed by atoms with Crippen LogP contribution >= 0.6 is 0 Å². The number of methoxy groups -OCH3 is 2. The van der Waals surface area contributed by atoms with Crippen molar-refractivity contribution in [3.63, 3.8) is 0 Å². The molecular weight excluding hydrogens is 320 g/mol. The highest BCUT2D eigenvalue weighted by molar-refractivity contribution is 6.01. The number of ether oxygens (including phenoxy) is 2. The van der Waals surface area contributed by atoms with E-state index in [1.54, 1.807) is 39.2 Å². The SMILES string of the molecule is COc1ccc([C@@]2(C)N(O)[C@@H](C)C(c3ccccc3)=[N+]2[O-])cc1OC. The minimum absolute atomic E-state index is 0.460. The quantitative estimate of drug-likeness (QED) is 0.683. The molecule has 1 N–H and O–H groups in total. The molecule has 0 saturated carbocycles. The molecule has 1 aliphatic rings. The summed E-state index contributed by atoms with van der Waals surface area (Å²) >= 11 is 0. The standard InChI is InChI=1S/C19H22N2O4/c1-13-18(14-8-6-5-7-9-14)21(23)19(2,20(13)22)15-10-11-16(24-3)17(12-15)25-4/h5-13,22H,1-4H3/t13-,19-/m0/s1. The molecule has 0 bridgehead atoms. The van der Waals surface area contributed by atoms with Crippen LogP contribution in [0.25, 0.3) is 0 Å². The molecule has 25 heavy (non-hydrogen) atoms. The Labute approximate surface area is 147 Å². The van der Waals surface area contributed by atoms with E-state index in [1.807, 2.05) is 30.3 Å². The van der Waals surface area contributed by atoms with Crippen molar-refractivity contribution in [2.45, 2.75) is 25.6 Å². The normalized spacial score (nSPS) is 23.8. The van der Waals surface area contributed by atoms with Crippen molar-refractivity contribution in [3.05, 3.63) is 64.9 Å². The van der Waals surface area contributed by atoms with Crippen molar-refractivity contribution < 1.29 is 19.4 Å². The summed E-state index contributed by atoms with van der Waals surface area (Å²) in [6.45, 7) is 3.49. The van der Waals surface area contributed by atoms with Gasteiger partial charge in [0.1, 0.15) is 6.04 Å². The Hall–Kier alpha value is -2.57. The predicted octanol–water partition coefficient (Wildman–Crippen LogP) is 2.97. The highest BCUT2D eigenvalue weighted by Gasteiger charge is 2.54. The summed E-state index contributed by atoms with van der Waals surface area (Å²) in [5.74, 6) is 1.07. The Morgan fingerprint density at radius 1 is 1.08 bits per heavy atom. The van der Waals surface area contributed by atoms with E-state index in [4.69, 9.17) is 9.47 Å². The van der Waals surface area contributed by atoms with Crippen LogP contribution in [0.1, 0.15) is 25.0 Å². The third-order valence-corrected chi connectivity index (χ3v) is 4.82. The average Bonchev–Trinajstić information content (AvgIpc) is 2.83. The Kier molecular flexibility index (Phi) is 4.41. The van der Waals surface area contributed by atoms with Crippen molar-refractivity contribution in [1.29, 1.82) is 0 Å². The summed E-state index contributed by atoms with van der Waals surface area (Å²) < 4.78 is 11.5. The number of hydrogen-bond acceptors (Lipinski definition) is 5. The molecule has 1 aliphatic heterocycles. The summed E-state index contributed by atoms with van der Waals surface area (Å²) in [7, 11) is 3.09. The molecule has 0 aromatic heterocycles. The number of hydrogen-bond donors (Lipinski definition) is 1. The molecule has 0 radical (unpaired) electrons. The maximum Gasteiger partial charge on any atom is 0.274 e. The zero-order chi connectivity index (χ0) is 18.2. The third kappa shape index (κ3) is 2.54. The van der Waals surface area contributed by atoms with Crippen LogP contribution in [-0.4, -0.2) is 41.0 Å². The molecule has 132 valence electrons. The number of benzene rings is 2. The maximum absolute atomic E-state index is 13.2. The van der Waals surface area contributed by atoms with E-state index in [9.17, 15) is 10.4 Å². The minimum Gasteiger partial charge on any atom is -0.622 e. The molecule has 0 spiro atoms. The molecule has 6 heteroatoms. The topological polar surface area (TPSA) is 68.0 Å². The van der Waals surface area contributed by atoms with Gasteiger partial charge in [-0.3, -0.25) is 0 Å². The van der Waals surface area contributed by atoms with E-state index in [0.717, 1.165) is 15.4 Å². The second kappa shape index (κ2) is 6.38. The van der Waals surface area contributed by atoms with Crippen molar-refractivity contribution >= 4 is 5.71 Å². The van der Waals surface area contributed by atoms with Gasteiger partial charge in [0.25, 0.3) is 5.66 Å². The van der Waals surface area contributed by atoms with E-state index >= 15 is 0 Å². The third-order valence-electron chi connectivity index (χ3n) is 4.82. The van der Waals surface area contributed by atoms with Crippen LogP contribution in [-0.2, 0) is 5.66 Å². The summed E-state index contributed by atoms with van der Waals surface area (Å²) in [5, 5.41) is 25.1. The highest BCUT2D eigenvalue weighted by atomic mass is 16.6. The Morgan fingerprint density at radius 2 is 1.72 bits per heavy atom. The first-order chi connectivity index (χ1) is 11.9. The van der Waals surface area contributed by atoms with E-state index in [2.05, 4.69) is 0 Å². The lowest BCUT2D eigenvalue weighted by Gasteiger charge is -2.30. The Bertz CT molecular complexity index is 806. The fraction of sp³-hybridized carbons (Fsp3) is 0.316. The fourth-order valence-electron chi connectivity index (χ4n) is 3.34. The molecule has 0 amide bonds. The van der Waals surface area contributed by atoms with Gasteiger partial charge < -0.3 is 19.9 Å². The molecule has 1 heterocycles. The molecule has 0 fully saturated rings.